The Balaban J connectivity index is 2.37. The summed E-state index contributed by atoms with van der Waals surface area (Å²) in [6.07, 6.45) is 2.87. The Bertz CT molecular complexity index is 431. The molecule has 1 aromatic rings. The monoisotopic (exact) mass is 280 g/mol. The first-order valence-electron chi connectivity index (χ1n) is 7.38. The lowest BCUT2D eigenvalue weighted by atomic mass is 9.93. The van der Waals surface area contributed by atoms with E-state index in [9.17, 15) is 4.79 Å². The van der Waals surface area contributed by atoms with Gasteiger partial charge in [0.05, 0.1) is 12.2 Å². The van der Waals surface area contributed by atoms with Gasteiger partial charge in [-0.2, -0.15) is 0 Å². The van der Waals surface area contributed by atoms with Gasteiger partial charge in [0, 0.05) is 24.1 Å². The molecule has 0 aliphatic carbocycles. The quantitative estimate of drug-likeness (QED) is 0.870. The van der Waals surface area contributed by atoms with Crippen molar-refractivity contribution in [1.29, 1.82) is 0 Å². The van der Waals surface area contributed by atoms with Gasteiger partial charge in [-0.1, -0.05) is 46.8 Å². The number of carbonyl (C=O) groups is 1. The second kappa shape index (κ2) is 6.86. The molecule has 1 amide bonds. The van der Waals surface area contributed by atoms with Crippen molar-refractivity contribution >= 4 is 5.91 Å². The summed E-state index contributed by atoms with van der Waals surface area (Å²) in [4.78, 5) is 11.9. The van der Waals surface area contributed by atoms with Crippen molar-refractivity contribution in [3.63, 3.8) is 0 Å². The number of amides is 1. The highest BCUT2D eigenvalue weighted by Gasteiger charge is 2.18. The van der Waals surface area contributed by atoms with Gasteiger partial charge in [0.15, 0.2) is 0 Å². The van der Waals surface area contributed by atoms with E-state index in [1.54, 1.807) is 4.68 Å². The SMILES string of the molecule is CC(C)CC(C)C(=O)NCCn1cc(C(C)(C)C)nn1. The van der Waals surface area contributed by atoms with Crippen LogP contribution in [0.4, 0.5) is 0 Å². The summed E-state index contributed by atoms with van der Waals surface area (Å²) < 4.78 is 1.79. The zero-order valence-electron chi connectivity index (χ0n) is 13.6. The average molecular weight is 280 g/mol. The third-order valence-corrected chi connectivity index (χ3v) is 3.22. The Morgan fingerprint density at radius 1 is 1.35 bits per heavy atom. The molecule has 114 valence electrons. The maximum Gasteiger partial charge on any atom is 0.222 e. The molecule has 0 radical (unpaired) electrons. The fraction of sp³-hybridized carbons (Fsp3) is 0.800. The molecule has 0 spiro atoms. The first-order valence-corrected chi connectivity index (χ1v) is 7.38. The number of aromatic nitrogens is 3. The number of carbonyl (C=O) groups excluding carboxylic acids is 1. The highest BCUT2D eigenvalue weighted by atomic mass is 16.1. The lowest BCUT2D eigenvalue weighted by Crippen LogP contribution is -2.32. The molecule has 1 N–H and O–H groups in total. The normalized spacial score (nSPS) is 13.6. The predicted molar refractivity (Wildman–Crippen MR) is 80.4 cm³/mol. The van der Waals surface area contributed by atoms with Crippen molar-refractivity contribution in [1.82, 2.24) is 20.3 Å². The molecule has 5 nitrogen and oxygen atoms in total. The summed E-state index contributed by atoms with van der Waals surface area (Å²) in [5.41, 5.74) is 0.977. The molecular weight excluding hydrogens is 252 g/mol. The molecule has 0 aromatic carbocycles. The molecule has 20 heavy (non-hydrogen) atoms. The summed E-state index contributed by atoms with van der Waals surface area (Å²) in [6.45, 7) is 13.8. The average Bonchev–Trinajstić information content (AvgIpc) is 2.76. The summed E-state index contributed by atoms with van der Waals surface area (Å²) in [6, 6.07) is 0. The number of rotatable bonds is 6. The molecule has 5 heteroatoms. The second-order valence-electron chi connectivity index (χ2n) is 6.94. The van der Waals surface area contributed by atoms with Crippen LogP contribution in [0.1, 0.15) is 53.7 Å². The van der Waals surface area contributed by atoms with Crippen LogP contribution >= 0.6 is 0 Å². The van der Waals surface area contributed by atoms with Crippen LogP contribution < -0.4 is 5.32 Å². The number of nitrogens with one attached hydrogen (secondary N) is 1. The van der Waals surface area contributed by atoms with E-state index >= 15 is 0 Å². The zero-order valence-corrected chi connectivity index (χ0v) is 13.6. The van der Waals surface area contributed by atoms with Gasteiger partial charge in [-0.05, 0) is 12.3 Å². The van der Waals surface area contributed by atoms with Gasteiger partial charge in [0.25, 0.3) is 0 Å². The maximum atomic E-state index is 11.9. The van der Waals surface area contributed by atoms with Crippen LogP contribution in [-0.2, 0) is 16.8 Å². The van der Waals surface area contributed by atoms with Crippen LogP contribution in [0.5, 0.6) is 0 Å². The molecule has 0 saturated carbocycles. The molecule has 1 unspecified atom stereocenters. The van der Waals surface area contributed by atoms with Gasteiger partial charge in [-0.25, -0.2) is 0 Å². The Kier molecular flexibility index (Phi) is 5.72. The standard InChI is InChI=1S/C15H28N4O/c1-11(2)9-12(3)14(20)16-7-8-19-10-13(17-18-19)15(4,5)6/h10-12H,7-9H2,1-6H3,(H,16,20). The predicted octanol–water partition coefficient (Wildman–Crippen LogP) is 2.37. The summed E-state index contributed by atoms with van der Waals surface area (Å²) >= 11 is 0. The van der Waals surface area contributed by atoms with Crippen LogP contribution in [0.15, 0.2) is 6.20 Å². The summed E-state index contributed by atoms with van der Waals surface area (Å²) in [5.74, 6) is 0.728. The second-order valence-corrected chi connectivity index (χ2v) is 6.94. The Morgan fingerprint density at radius 2 is 2.00 bits per heavy atom. The molecule has 1 heterocycles. The first-order chi connectivity index (χ1) is 9.20. The van der Waals surface area contributed by atoms with Crippen LogP contribution in [0.3, 0.4) is 0 Å². The molecule has 0 fully saturated rings. The molecule has 0 saturated heterocycles. The van der Waals surface area contributed by atoms with Crippen molar-refractivity contribution in [2.24, 2.45) is 11.8 Å². The highest BCUT2D eigenvalue weighted by Crippen LogP contribution is 2.18. The largest absolute Gasteiger partial charge is 0.354 e. The third-order valence-electron chi connectivity index (χ3n) is 3.22. The van der Waals surface area contributed by atoms with Gasteiger partial charge in [0.1, 0.15) is 0 Å². The fourth-order valence-corrected chi connectivity index (χ4v) is 2.03. The molecule has 1 atom stereocenters. The van der Waals surface area contributed by atoms with Crippen LogP contribution in [0.25, 0.3) is 0 Å². The molecule has 0 aliphatic heterocycles. The molecular formula is C15H28N4O. The van der Waals surface area contributed by atoms with E-state index in [1.165, 1.54) is 0 Å². The first kappa shape index (κ1) is 16.7. The smallest absolute Gasteiger partial charge is 0.222 e. The van der Waals surface area contributed by atoms with Crippen molar-refractivity contribution in [2.45, 2.75) is 59.9 Å². The van der Waals surface area contributed by atoms with Crippen molar-refractivity contribution in [3.8, 4) is 0 Å². The topological polar surface area (TPSA) is 59.8 Å². The van der Waals surface area contributed by atoms with E-state index in [0.29, 0.717) is 19.0 Å². The van der Waals surface area contributed by atoms with Crippen LogP contribution in [-0.4, -0.2) is 27.4 Å². The fourth-order valence-electron chi connectivity index (χ4n) is 2.03. The van der Waals surface area contributed by atoms with Crippen molar-refractivity contribution in [3.05, 3.63) is 11.9 Å². The Hall–Kier alpha value is -1.39. The molecule has 0 bridgehead atoms. The van der Waals surface area contributed by atoms with E-state index in [-0.39, 0.29) is 17.2 Å². The van der Waals surface area contributed by atoms with Crippen molar-refractivity contribution in [2.75, 3.05) is 6.54 Å². The van der Waals surface area contributed by atoms with E-state index < -0.39 is 0 Å². The molecule has 1 aromatic heterocycles. The van der Waals surface area contributed by atoms with Crippen LogP contribution in [0, 0.1) is 11.8 Å². The maximum absolute atomic E-state index is 11.9. The van der Waals surface area contributed by atoms with E-state index in [2.05, 4.69) is 50.2 Å². The molecule has 0 aliphatic rings. The van der Waals surface area contributed by atoms with Gasteiger partial charge < -0.3 is 5.32 Å². The minimum atomic E-state index is 0.00722. The van der Waals surface area contributed by atoms with E-state index in [4.69, 9.17) is 0 Å². The Labute approximate surface area is 122 Å². The molecule has 1 rings (SSSR count). The summed E-state index contributed by atoms with van der Waals surface area (Å²) in [7, 11) is 0. The lowest BCUT2D eigenvalue weighted by Gasteiger charge is -2.14. The highest BCUT2D eigenvalue weighted by molar-refractivity contribution is 5.78. The summed E-state index contributed by atoms with van der Waals surface area (Å²) in [5, 5.41) is 11.2. The van der Waals surface area contributed by atoms with Gasteiger partial charge in [0.2, 0.25) is 5.91 Å². The third kappa shape index (κ3) is 5.31. The van der Waals surface area contributed by atoms with Crippen molar-refractivity contribution < 1.29 is 4.79 Å². The Morgan fingerprint density at radius 3 is 2.50 bits per heavy atom. The number of hydrogen-bond acceptors (Lipinski definition) is 3. The van der Waals surface area contributed by atoms with Crippen LogP contribution in [0.2, 0.25) is 0 Å². The lowest BCUT2D eigenvalue weighted by molar-refractivity contribution is -0.124. The van der Waals surface area contributed by atoms with E-state index in [1.807, 2.05) is 13.1 Å². The minimum Gasteiger partial charge on any atom is -0.354 e. The van der Waals surface area contributed by atoms with E-state index in [0.717, 1.165) is 12.1 Å². The number of nitrogens with zero attached hydrogens (tertiary/aromatic N) is 3. The minimum absolute atomic E-state index is 0.00722. The zero-order chi connectivity index (χ0) is 15.3. The van der Waals surface area contributed by atoms with Gasteiger partial charge >= 0.3 is 0 Å². The van der Waals surface area contributed by atoms with Gasteiger partial charge in [-0.15, -0.1) is 5.10 Å². The number of hydrogen-bond donors (Lipinski definition) is 1. The van der Waals surface area contributed by atoms with Gasteiger partial charge in [-0.3, -0.25) is 9.48 Å².